The molecular weight excluding hydrogens is 296 g/mol. The fourth-order valence-corrected chi connectivity index (χ4v) is 3.37. The molecular formula is C12H16N4O4S. The van der Waals surface area contributed by atoms with Crippen molar-refractivity contribution in [1.82, 2.24) is 4.31 Å². The second kappa shape index (κ2) is 6.07. The lowest BCUT2D eigenvalue weighted by molar-refractivity contribution is -0.384. The van der Waals surface area contributed by atoms with E-state index in [0.717, 1.165) is 10.4 Å². The second-order valence-electron chi connectivity index (χ2n) is 4.67. The smallest absolute Gasteiger partial charge is 0.293 e. The van der Waals surface area contributed by atoms with Crippen molar-refractivity contribution in [3.8, 4) is 6.07 Å². The Kier molecular flexibility index (Phi) is 4.88. The van der Waals surface area contributed by atoms with Crippen molar-refractivity contribution in [3.63, 3.8) is 0 Å². The van der Waals surface area contributed by atoms with Crippen molar-refractivity contribution in [3.05, 3.63) is 27.8 Å². The van der Waals surface area contributed by atoms with Crippen LogP contribution < -0.4 is 5.73 Å². The van der Waals surface area contributed by atoms with Gasteiger partial charge in [0.25, 0.3) is 5.69 Å². The number of nitriles is 1. The molecule has 0 heterocycles. The predicted molar refractivity (Wildman–Crippen MR) is 76.9 cm³/mol. The van der Waals surface area contributed by atoms with Crippen LogP contribution in [0.4, 0.5) is 11.4 Å². The van der Waals surface area contributed by atoms with Gasteiger partial charge in [-0.15, -0.1) is 0 Å². The minimum atomic E-state index is -3.94. The van der Waals surface area contributed by atoms with Crippen LogP contribution in [0.1, 0.15) is 18.9 Å². The average molecular weight is 312 g/mol. The van der Waals surface area contributed by atoms with Gasteiger partial charge in [0.2, 0.25) is 10.0 Å². The number of nitro groups is 1. The molecule has 1 rings (SSSR count). The van der Waals surface area contributed by atoms with Gasteiger partial charge in [0, 0.05) is 19.2 Å². The van der Waals surface area contributed by atoms with Gasteiger partial charge in [-0.05, 0) is 25.5 Å². The normalized spacial score (nSPS) is 12.9. The number of anilines is 1. The number of nitrogen functional groups attached to an aromatic ring is 1. The van der Waals surface area contributed by atoms with Crippen molar-refractivity contribution in [1.29, 1.82) is 5.26 Å². The van der Waals surface area contributed by atoms with E-state index in [4.69, 9.17) is 11.0 Å². The minimum absolute atomic E-state index is 0.0197. The molecule has 9 heteroatoms. The number of nitrogens with zero attached hydrogens (tertiary/aromatic N) is 3. The van der Waals surface area contributed by atoms with Gasteiger partial charge in [-0.2, -0.15) is 9.57 Å². The molecule has 0 saturated heterocycles. The summed E-state index contributed by atoms with van der Waals surface area (Å²) in [5.41, 5.74) is 5.29. The quantitative estimate of drug-likeness (QED) is 0.497. The van der Waals surface area contributed by atoms with E-state index in [0.29, 0.717) is 5.56 Å². The zero-order valence-corrected chi connectivity index (χ0v) is 12.7. The van der Waals surface area contributed by atoms with Crippen LogP contribution in [0, 0.1) is 28.4 Å². The summed E-state index contributed by atoms with van der Waals surface area (Å²) in [4.78, 5) is 9.98. The highest BCUT2D eigenvalue weighted by molar-refractivity contribution is 7.89. The molecule has 1 aromatic rings. The first-order chi connectivity index (χ1) is 9.62. The van der Waals surface area contributed by atoms with Gasteiger partial charge in [-0.1, -0.05) is 0 Å². The van der Waals surface area contributed by atoms with Gasteiger partial charge in [0.05, 0.1) is 22.3 Å². The highest BCUT2D eigenvalue weighted by atomic mass is 32.2. The van der Waals surface area contributed by atoms with Gasteiger partial charge in [-0.25, -0.2) is 8.42 Å². The van der Waals surface area contributed by atoms with Gasteiger partial charge in [-0.3, -0.25) is 10.1 Å². The Morgan fingerprint density at radius 3 is 2.57 bits per heavy atom. The standard InChI is InChI=1S/C12H16N4O4S/c1-8-6-10(14)11(16(17)18)7-12(8)21(19,20)15(3)9(2)4-5-13/h6-7,9H,4,14H2,1-3H3. The summed E-state index contributed by atoms with van der Waals surface area (Å²) < 4.78 is 26.0. The number of hydrogen-bond acceptors (Lipinski definition) is 6. The van der Waals surface area contributed by atoms with Gasteiger partial charge in [0.1, 0.15) is 5.69 Å². The summed E-state index contributed by atoms with van der Waals surface area (Å²) in [7, 11) is -2.61. The fourth-order valence-electron chi connectivity index (χ4n) is 1.79. The molecule has 0 amide bonds. The van der Waals surface area contributed by atoms with Crippen molar-refractivity contribution < 1.29 is 13.3 Å². The zero-order chi connectivity index (χ0) is 16.4. The first-order valence-corrected chi connectivity index (χ1v) is 7.46. The topological polar surface area (TPSA) is 130 Å². The third-order valence-electron chi connectivity index (χ3n) is 3.19. The summed E-state index contributed by atoms with van der Waals surface area (Å²) in [6.45, 7) is 3.09. The van der Waals surface area contributed by atoms with E-state index in [9.17, 15) is 18.5 Å². The fraction of sp³-hybridized carbons (Fsp3) is 0.417. The molecule has 0 radical (unpaired) electrons. The molecule has 1 unspecified atom stereocenters. The van der Waals surface area contributed by atoms with Crippen LogP contribution in [-0.2, 0) is 10.0 Å². The number of aryl methyl sites for hydroxylation is 1. The Balaban J connectivity index is 3.42. The molecule has 2 N–H and O–H groups in total. The number of rotatable bonds is 5. The van der Waals surface area contributed by atoms with Crippen LogP contribution in [0.25, 0.3) is 0 Å². The highest BCUT2D eigenvalue weighted by Gasteiger charge is 2.29. The van der Waals surface area contributed by atoms with Crippen molar-refractivity contribution in [2.45, 2.75) is 31.2 Å². The Morgan fingerprint density at radius 1 is 1.52 bits per heavy atom. The highest BCUT2D eigenvalue weighted by Crippen LogP contribution is 2.30. The van der Waals surface area contributed by atoms with Crippen LogP contribution in [-0.4, -0.2) is 30.7 Å². The Morgan fingerprint density at radius 2 is 2.10 bits per heavy atom. The van der Waals surface area contributed by atoms with Crippen LogP contribution in [0.15, 0.2) is 17.0 Å². The number of benzene rings is 1. The third-order valence-corrected chi connectivity index (χ3v) is 5.30. The molecule has 21 heavy (non-hydrogen) atoms. The Hall–Kier alpha value is -2.18. The lowest BCUT2D eigenvalue weighted by Crippen LogP contribution is -2.35. The third kappa shape index (κ3) is 3.29. The number of sulfonamides is 1. The van der Waals surface area contributed by atoms with Crippen molar-refractivity contribution in [2.24, 2.45) is 0 Å². The first kappa shape index (κ1) is 16.9. The molecule has 0 bridgehead atoms. The number of nitrogens with two attached hydrogens (primary N) is 1. The molecule has 0 fully saturated rings. The van der Waals surface area contributed by atoms with Crippen molar-refractivity contribution >= 4 is 21.4 Å². The van der Waals surface area contributed by atoms with Crippen LogP contribution in [0.2, 0.25) is 0 Å². The Labute approximate surface area is 123 Å². The van der Waals surface area contributed by atoms with Gasteiger partial charge >= 0.3 is 0 Å². The summed E-state index contributed by atoms with van der Waals surface area (Å²) in [6, 6.07) is 3.56. The van der Waals surface area contributed by atoms with E-state index in [2.05, 4.69) is 0 Å². The lowest BCUT2D eigenvalue weighted by atomic mass is 10.2. The Bertz CT molecular complexity index is 709. The van der Waals surface area contributed by atoms with E-state index in [-0.39, 0.29) is 17.0 Å². The summed E-state index contributed by atoms with van der Waals surface area (Å²) >= 11 is 0. The SMILES string of the molecule is Cc1cc(N)c([N+](=O)[O-])cc1S(=O)(=O)N(C)C(C)CC#N. The number of nitro benzene ring substituents is 1. The zero-order valence-electron chi connectivity index (χ0n) is 11.9. The predicted octanol–water partition coefficient (Wildman–Crippen LogP) is 1.41. The van der Waals surface area contributed by atoms with E-state index in [1.54, 1.807) is 6.92 Å². The number of hydrogen-bond donors (Lipinski definition) is 1. The lowest BCUT2D eigenvalue weighted by Gasteiger charge is -2.23. The van der Waals surface area contributed by atoms with E-state index < -0.39 is 26.7 Å². The molecule has 0 aliphatic rings. The van der Waals surface area contributed by atoms with Crippen LogP contribution in [0.5, 0.6) is 0 Å². The monoisotopic (exact) mass is 312 g/mol. The average Bonchev–Trinajstić information content (AvgIpc) is 2.37. The summed E-state index contributed by atoms with van der Waals surface area (Å²) in [5, 5.41) is 19.5. The largest absolute Gasteiger partial charge is 0.393 e. The van der Waals surface area contributed by atoms with Gasteiger partial charge in [0.15, 0.2) is 0 Å². The molecule has 1 atom stereocenters. The molecule has 1 aromatic carbocycles. The van der Waals surface area contributed by atoms with E-state index >= 15 is 0 Å². The minimum Gasteiger partial charge on any atom is -0.393 e. The van der Waals surface area contributed by atoms with Crippen molar-refractivity contribution in [2.75, 3.05) is 12.8 Å². The summed E-state index contributed by atoms with van der Waals surface area (Å²) in [5.74, 6) is 0. The molecule has 0 spiro atoms. The molecule has 0 aliphatic carbocycles. The van der Waals surface area contributed by atoms with Gasteiger partial charge < -0.3 is 5.73 Å². The summed E-state index contributed by atoms with van der Waals surface area (Å²) in [6.07, 6.45) is 0.0197. The van der Waals surface area contributed by atoms with Crippen LogP contribution >= 0.6 is 0 Å². The maximum Gasteiger partial charge on any atom is 0.293 e. The van der Waals surface area contributed by atoms with Crippen LogP contribution in [0.3, 0.4) is 0 Å². The maximum atomic E-state index is 12.5. The molecule has 0 aromatic heterocycles. The molecule has 0 aliphatic heterocycles. The van der Waals surface area contributed by atoms with E-state index in [1.807, 2.05) is 6.07 Å². The first-order valence-electron chi connectivity index (χ1n) is 6.02. The van der Waals surface area contributed by atoms with E-state index in [1.165, 1.54) is 20.0 Å². The maximum absolute atomic E-state index is 12.5. The molecule has 8 nitrogen and oxygen atoms in total. The molecule has 0 saturated carbocycles. The molecule has 114 valence electrons. The second-order valence-corrected chi connectivity index (χ2v) is 6.63.